The Labute approximate surface area is 106 Å². The van der Waals surface area contributed by atoms with Gasteiger partial charge in [0.05, 0.1) is 6.10 Å². The molecule has 5 heteroatoms. The van der Waals surface area contributed by atoms with E-state index in [2.05, 4.69) is 9.97 Å². The molecule has 3 rings (SSSR count). The molecule has 1 aliphatic carbocycles. The number of aliphatic hydroxyl groups is 1. The van der Waals surface area contributed by atoms with E-state index in [-0.39, 0.29) is 12.0 Å². The molecule has 2 aliphatic rings. The highest BCUT2D eigenvalue weighted by atomic mass is 16.3. The number of carbonyl (C=O) groups excluding carboxylic acids is 1. The molecular weight excluding hydrogens is 230 g/mol. The van der Waals surface area contributed by atoms with Crippen molar-refractivity contribution in [1.29, 1.82) is 0 Å². The lowest BCUT2D eigenvalue weighted by Crippen LogP contribution is -2.53. The molecule has 1 aliphatic heterocycles. The average Bonchev–Trinajstić information content (AvgIpc) is 2.88. The zero-order valence-corrected chi connectivity index (χ0v) is 10.2. The number of aromatic nitrogens is 2. The molecule has 1 saturated carbocycles. The number of nitrogens with zero attached hydrogens (tertiary/aromatic N) is 3. The summed E-state index contributed by atoms with van der Waals surface area (Å²) in [6.07, 6.45) is 6.00. The number of likely N-dealkylation sites (tertiary alicyclic amines) is 1. The van der Waals surface area contributed by atoms with Gasteiger partial charge in [0.1, 0.15) is 11.5 Å². The first-order valence-corrected chi connectivity index (χ1v) is 6.54. The smallest absolute Gasteiger partial charge is 0.272 e. The normalized spacial score (nSPS) is 21.1. The fourth-order valence-corrected chi connectivity index (χ4v) is 2.66. The Morgan fingerprint density at radius 3 is 2.72 bits per heavy atom. The summed E-state index contributed by atoms with van der Waals surface area (Å²) in [5.41, 5.74) is 0.457. The maximum absolute atomic E-state index is 12.1. The van der Waals surface area contributed by atoms with Crippen LogP contribution in [0.5, 0.6) is 0 Å². The lowest BCUT2D eigenvalue weighted by Gasteiger charge is -2.35. The van der Waals surface area contributed by atoms with E-state index in [1.165, 1.54) is 12.8 Å². The summed E-state index contributed by atoms with van der Waals surface area (Å²) >= 11 is 0. The second kappa shape index (κ2) is 4.65. The van der Waals surface area contributed by atoms with E-state index in [4.69, 9.17) is 0 Å². The highest BCUT2D eigenvalue weighted by Gasteiger charge is 2.30. The Morgan fingerprint density at radius 2 is 2.06 bits per heavy atom. The van der Waals surface area contributed by atoms with Crippen LogP contribution in [0.2, 0.25) is 0 Å². The minimum Gasteiger partial charge on any atom is -0.389 e. The highest BCUT2D eigenvalue weighted by Crippen LogP contribution is 2.31. The first kappa shape index (κ1) is 11.6. The number of β-amino-alcohol motifs (C(OH)–C–C–N with tert-alkyl or cyclic N) is 1. The summed E-state index contributed by atoms with van der Waals surface area (Å²) in [6, 6.07) is 1.66. The standard InChI is InChI=1S/C13H17N3O2/c17-10-7-16(8-10)13(18)11-5-6-14-12(15-11)9-3-1-2-4-9/h5-6,9-10,17H,1-4,7-8H2. The minimum absolute atomic E-state index is 0.0954. The fraction of sp³-hybridized carbons (Fsp3) is 0.615. The monoisotopic (exact) mass is 247 g/mol. The van der Waals surface area contributed by atoms with Gasteiger partial charge < -0.3 is 10.0 Å². The number of hydrogen-bond donors (Lipinski definition) is 1. The molecule has 0 spiro atoms. The maximum Gasteiger partial charge on any atom is 0.272 e. The van der Waals surface area contributed by atoms with Gasteiger partial charge in [-0.15, -0.1) is 0 Å². The Kier molecular flexibility index (Phi) is 2.99. The number of rotatable bonds is 2. The number of hydrogen-bond acceptors (Lipinski definition) is 4. The predicted octanol–water partition coefficient (Wildman–Crippen LogP) is 0.951. The summed E-state index contributed by atoms with van der Waals surface area (Å²) in [5, 5.41) is 9.21. The Bertz CT molecular complexity index is 451. The van der Waals surface area contributed by atoms with Crippen LogP contribution in [-0.2, 0) is 0 Å². The van der Waals surface area contributed by atoms with Crippen molar-refractivity contribution in [2.45, 2.75) is 37.7 Å². The molecule has 1 amide bonds. The number of amides is 1. The molecule has 2 heterocycles. The van der Waals surface area contributed by atoms with Crippen molar-refractivity contribution in [3.8, 4) is 0 Å². The number of carbonyl (C=O) groups is 1. The van der Waals surface area contributed by atoms with Crippen LogP contribution in [0.4, 0.5) is 0 Å². The van der Waals surface area contributed by atoms with Gasteiger partial charge in [0.2, 0.25) is 0 Å². The van der Waals surface area contributed by atoms with Crippen LogP contribution in [0.25, 0.3) is 0 Å². The molecule has 5 nitrogen and oxygen atoms in total. The van der Waals surface area contributed by atoms with Gasteiger partial charge in [-0.2, -0.15) is 0 Å². The zero-order chi connectivity index (χ0) is 12.5. The van der Waals surface area contributed by atoms with Crippen LogP contribution < -0.4 is 0 Å². The molecule has 1 aromatic rings. The lowest BCUT2D eigenvalue weighted by atomic mass is 10.1. The van der Waals surface area contributed by atoms with Gasteiger partial charge in [0.15, 0.2) is 0 Å². The molecule has 0 atom stereocenters. The topological polar surface area (TPSA) is 66.3 Å². The van der Waals surface area contributed by atoms with E-state index in [9.17, 15) is 9.90 Å². The number of aliphatic hydroxyl groups excluding tert-OH is 1. The second-order valence-electron chi connectivity index (χ2n) is 5.15. The van der Waals surface area contributed by atoms with Crippen LogP contribution in [0.1, 0.15) is 47.9 Å². The van der Waals surface area contributed by atoms with Gasteiger partial charge in [-0.25, -0.2) is 9.97 Å². The van der Waals surface area contributed by atoms with Crippen molar-refractivity contribution in [2.24, 2.45) is 0 Å². The van der Waals surface area contributed by atoms with Gasteiger partial charge in [-0.3, -0.25) is 4.79 Å². The summed E-state index contributed by atoms with van der Waals surface area (Å²) in [6.45, 7) is 0.837. The largest absolute Gasteiger partial charge is 0.389 e. The van der Waals surface area contributed by atoms with E-state index >= 15 is 0 Å². The van der Waals surface area contributed by atoms with E-state index in [0.717, 1.165) is 18.7 Å². The molecular formula is C13H17N3O2. The average molecular weight is 247 g/mol. The van der Waals surface area contributed by atoms with Crippen molar-refractivity contribution in [2.75, 3.05) is 13.1 Å². The lowest BCUT2D eigenvalue weighted by molar-refractivity contribution is 0.00547. The molecule has 0 radical (unpaired) electrons. The quantitative estimate of drug-likeness (QED) is 0.845. The molecule has 1 N–H and O–H groups in total. The van der Waals surface area contributed by atoms with Crippen LogP contribution in [0, 0.1) is 0 Å². The minimum atomic E-state index is -0.370. The van der Waals surface area contributed by atoms with Gasteiger partial charge in [0.25, 0.3) is 5.91 Å². The predicted molar refractivity (Wildman–Crippen MR) is 65.2 cm³/mol. The van der Waals surface area contributed by atoms with Crippen molar-refractivity contribution < 1.29 is 9.90 Å². The Hall–Kier alpha value is -1.49. The van der Waals surface area contributed by atoms with Crippen LogP contribution >= 0.6 is 0 Å². The Balaban J connectivity index is 1.76. The molecule has 0 aromatic carbocycles. The van der Waals surface area contributed by atoms with Gasteiger partial charge in [-0.1, -0.05) is 12.8 Å². The highest BCUT2D eigenvalue weighted by molar-refractivity contribution is 5.92. The molecule has 0 bridgehead atoms. The van der Waals surface area contributed by atoms with Gasteiger partial charge in [-0.05, 0) is 18.9 Å². The zero-order valence-electron chi connectivity index (χ0n) is 10.2. The molecule has 96 valence electrons. The first-order valence-electron chi connectivity index (χ1n) is 6.54. The molecule has 0 unspecified atom stereocenters. The van der Waals surface area contributed by atoms with E-state index in [0.29, 0.717) is 24.7 Å². The van der Waals surface area contributed by atoms with E-state index < -0.39 is 0 Å². The third kappa shape index (κ3) is 2.10. The molecule has 2 fully saturated rings. The maximum atomic E-state index is 12.1. The van der Waals surface area contributed by atoms with Crippen molar-refractivity contribution >= 4 is 5.91 Å². The van der Waals surface area contributed by atoms with Crippen LogP contribution in [0.15, 0.2) is 12.3 Å². The second-order valence-corrected chi connectivity index (χ2v) is 5.15. The van der Waals surface area contributed by atoms with Gasteiger partial charge in [0, 0.05) is 25.2 Å². The van der Waals surface area contributed by atoms with Gasteiger partial charge >= 0.3 is 0 Å². The van der Waals surface area contributed by atoms with Crippen LogP contribution in [-0.4, -0.2) is 45.1 Å². The third-order valence-corrected chi connectivity index (χ3v) is 3.76. The summed E-state index contributed by atoms with van der Waals surface area (Å²) in [7, 11) is 0. The summed E-state index contributed by atoms with van der Waals surface area (Å²) in [5.74, 6) is 1.13. The first-order chi connectivity index (χ1) is 8.74. The fourth-order valence-electron chi connectivity index (χ4n) is 2.66. The molecule has 1 aromatic heterocycles. The van der Waals surface area contributed by atoms with Crippen molar-refractivity contribution in [3.63, 3.8) is 0 Å². The van der Waals surface area contributed by atoms with E-state index in [1.807, 2.05) is 0 Å². The van der Waals surface area contributed by atoms with Crippen molar-refractivity contribution in [3.05, 3.63) is 23.8 Å². The van der Waals surface area contributed by atoms with E-state index in [1.54, 1.807) is 17.2 Å². The molecule has 18 heavy (non-hydrogen) atoms. The summed E-state index contributed by atoms with van der Waals surface area (Å²) in [4.78, 5) is 22.4. The SMILES string of the molecule is O=C(c1ccnc(C2CCCC2)n1)N1CC(O)C1. The third-order valence-electron chi connectivity index (χ3n) is 3.76. The summed E-state index contributed by atoms with van der Waals surface area (Å²) < 4.78 is 0. The Morgan fingerprint density at radius 1 is 1.33 bits per heavy atom. The molecule has 1 saturated heterocycles. The van der Waals surface area contributed by atoms with Crippen LogP contribution in [0.3, 0.4) is 0 Å². The van der Waals surface area contributed by atoms with Crippen molar-refractivity contribution in [1.82, 2.24) is 14.9 Å².